The summed E-state index contributed by atoms with van der Waals surface area (Å²) in [6.07, 6.45) is 3.66. The number of nitrogens with one attached hydrogen (secondary N) is 4. The van der Waals surface area contributed by atoms with Gasteiger partial charge < -0.3 is 10.6 Å². The molecule has 2 aliphatic rings. The van der Waals surface area contributed by atoms with E-state index in [0.29, 0.717) is 11.9 Å². The van der Waals surface area contributed by atoms with Crippen LogP contribution in [0.5, 0.6) is 0 Å². The Morgan fingerprint density at radius 2 is 1.27 bits per heavy atom. The summed E-state index contributed by atoms with van der Waals surface area (Å²) in [7, 11) is 0. The van der Waals surface area contributed by atoms with Crippen molar-refractivity contribution in [2.75, 3.05) is 26.2 Å². The van der Waals surface area contributed by atoms with E-state index in [1.165, 1.54) is 10.8 Å². The summed E-state index contributed by atoms with van der Waals surface area (Å²) in [6, 6.07) is 16.9. The van der Waals surface area contributed by atoms with Crippen LogP contribution in [0.15, 0.2) is 68.7 Å². The second-order valence-corrected chi connectivity index (χ2v) is 7.04. The van der Waals surface area contributed by atoms with Crippen molar-refractivity contribution in [2.24, 2.45) is 20.2 Å². The number of rotatable bonds is 4. The number of nitrogens with zero attached hydrogens (tertiary/aromatic N) is 4. The summed E-state index contributed by atoms with van der Waals surface area (Å²) < 4.78 is 0. The summed E-state index contributed by atoms with van der Waals surface area (Å²) >= 11 is 0. The summed E-state index contributed by atoms with van der Waals surface area (Å²) in [5.41, 5.74) is 7.99. The Morgan fingerprint density at radius 3 is 1.73 bits per heavy atom. The number of hydrogen-bond donors (Lipinski definition) is 4. The first-order valence-electron chi connectivity index (χ1n) is 9.97. The van der Waals surface area contributed by atoms with Crippen molar-refractivity contribution in [1.29, 1.82) is 0 Å². The summed E-state index contributed by atoms with van der Waals surface area (Å²) in [5.74, 6) is 1.42. The normalized spacial score (nSPS) is 16.1. The van der Waals surface area contributed by atoms with Crippen LogP contribution >= 0.6 is 0 Å². The highest BCUT2D eigenvalue weighted by molar-refractivity contribution is 6.10. The van der Waals surface area contributed by atoms with Crippen LogP contribution in [0, 0.1) is 0 Å². The van der Waals surface area contributed by atoms with Crippen LogP contribution < -0.4 is 21.5 Å². The topological polar surface area (TPSA) is 97.6 Å². The molecule has 0 aliphatic carbocycles. The molecule has 8 nitrogen and oxygen atoms in total. The first-order valence-corrected chi connectivity index (χ1v) is 9.97. The molecule has 0 saturated carbocycles. The molecule has 4 N–H and O–H groups in total. The van der Waals surface area contributed by atoms with Crippen molar-refractivity contribution >= 4 is 45.9 Å². The molecule has 0 unspecified atom stereocenters. The van der Waals surface area contributed by atoms with Gasteiger partial charge in [0.2, 0.25) is 11.9 Å². The second-order valence-electron chi connectivity index (χ2n) is 7.04. The van der Waals surface area contributed by atoms with Gasteiger partial charge in [0, 0.05) is 24.2 Å². The highest BCUT2D eigenvalue weighted by Gasteiger charge is 2.06. The number of hydrogen-bond acceptors (Lipinski definition) is 8. The standard InChI is InChI=1S/C22H22N8/c1-3-15-11-16-4-2-6-18(14-28-30-22-25-9-10-26-22)20(16)12-19(15)17(5-1)13-27-29-21-23-7-8-24-21/h1-6,11-14H,7-10H2,(H2,23,24,29)(H2,25,26,30)/b27-13-,28-14-. The SMILES string of the molecule is C(=N/NC1=NCCN1)/c1cccc2cc3cccc(/C=N\NC4=NCCN4)c3cc12. The van der Waals surface area contributed by atoms with E-state index in [0.717, 1.165) is 48.1 Å². The van der Waals surface area contributed by atoms with Crippen molar-refractivity contribution in [3.63, 3.8) is 0 Å². The van der Waals surface area contributed by atoms with Crippen LogP contribution in [0.3, 0.4) is 0 Å². The average Bonchev–Trinajstić information content (AvgIpc) is 3.47. The third kappa shape index (κ3) is 3.80. The summed E-state index contributed by atoms with van der Waals surface area (Å²) in [4.78, 5) is 8.57. The van der Waals surface area contributed by atoms with E-state index in [2.05, 4.69) is 78.1 Å². The van der Waals surface area contributed by atoms with Gasteiger partial charge in [0.15, 0.2) is 0 Å². The minimum Gasteiger partial charge on any atom is -0.353 e. The predicted molar refractivity (Wildman–Crippen MR) is 124 cm³/mol. The van der Waals surface area contributed by atoms with Crippen molar-refractivity contribution in [3.05, 3.63) is 59.7 Å². The number of fused-ring (bicyclic) bond motifs is 2. The lowest BCUT2D eigenvalue weighted by Gasteiger charge is -2.08. The van der Waals surface area contributed by atoms with E-state index in [1.54, 1.807) is 0 Å². The van der Waals surface area contributed by atoms with Crippen LogP contribution in [-0.2, 0) is 0 Å². The Bertz CT molecular complexity index is 1120. The van der Waals surface area contributed by atoms with Gasteiger partial charge in [0.25, 0.3) is 0 Å². The van der Waals surface area contributed by atoms with Crippen LogP contribution in [0.2, 0.25) is 0 Å². The lowest BCUT2D eigenvalue weighted by atomic mass is 9.97. The van der Waals surface area contributed by atoms with Gasteiger partial charge in [-0.3, -0.25) is 0 Å². The van der Waals surface area contributed by atoms with E-state index in [9.17, 15) is 0 Å². The quantitative estimate of drug-likeness (QED) is 0.306. The molecule has 30 heavy (non-hydrogen) atoms. The molecule has 0 bridgehead atoms. The van der Waals surface area contributed by atoms with Crippen molar-refractivity contribution < 1.29 is 0 Å². The van der Waals surface area contributed by atoms with Crippen molar-refractivity contribution in [1.82, 2.24) is 21.5 Å². The highest BCUT2D eigenvalue weighted by Crippen LogP contribution is 2.26. The molecule has 0 fully saturated rings. The van der Waals surface area contributed by atoms with Crippen LogP contribution in [0.1, 0.15) is 11.1 Å². The number of aliphatic imine (C=N–C) groups is 2. The van der Waals surface area contributed by atoms with E-state index < -0.39 is 0 Å². The van der Waals surface area contributed by atoms with Crippen molar-refractivity contribution in [2.45, 2.75) is 0 Å². The first-order chi connectivity index (χ1) is 14.9. The summed E-state index contributed by atoms with van der Waals surface area (Å²) in [6.45, 7) is 3.25. The van der Waals surface area contributed by atoms with Gasteiger partial charge >= 0.3 is 0 Å². The molecule has 5 rings (SSSR count). The van der Waals surface area contributed by atoms with Crippen LogP contribution in [-0.4, -0.2) is 50.5 Å². The molecule has 2 aliphatic heterocycles. The number of guanidine groups is 2. The maximum absolute atomic E-state index is 4.35. The molecule has 0 aromatic heterocycles. The molecule has 0 saturated heterocycles. The molecule has 150 valence electrons. The maximum Gasteiger partial charge on any atom is 0.212 e. The van der Waals surface area contributed by atoms with E-state index in [1.807, 2.05) is 24.6 Å². The van der Waals surface area contributed by atoms with E-state index >= 15 is 0 Å². The molecule has 0 atom stereocenters. The Balaban J connectivity index is 1.48. The smallest absolute Gasteiger partial charge is 0.212 e. The zero-order valence-electron chi connectivity index (χ0n) is 16.4. The molecule has 8 heteroatoms. The molecule has 0 amide bonds. The van der Waals surface area contributed by atoms with Gasteiger partial charge in [-0.05, 0) is 33.7 Å². The fourth-order valence-electron chi connectivity index (χ4n) is 3.60. The number of hydrazone groups is 2. The van der Waals surface area contributed by atoms with E-state index in [-0.39, 0.29) is 0 Å². The Kier molecular flexibility index (Phi) is 4.95. The van der Waals surface area contributed by atoms with Gasteiger partial charge in [-0.15, -0.1) is 0 Å². The van der Waals surface area contributed by atoms with Gasteiger partial charge in [-0.2, -0.15) is 10.2 Å². The van der Waals surface area contributed by atoms with Crippen LogP contribution in [0.25, 0.3) is 21.5 Å². The molecular formula is C22H22N8. The Morgan fingerprint density at radius 1 is 0.733 bits per heavy atom. The highest BCUT2D eigenvalue weighted by atomic mass is 15.4. The average molecular weight is 398 g/mol. The molecule has 3 aromatic carbocycles. The Hall–Kier alpha value is -3.94. The fraction of sp³-hybridized carbons (Fsp3) is 0.182. The molecule has 0 radical (unpaired) electrons. The van der Waals surface area contributed by atoms with Gasteiger partial charge in [-0.25, -0.2) is 20.8 Å². The molecule has 2 heterocycles. The first kappa shape index (κ1) is 18.1. The zero-order valence-corrected chi connectivity index (χ0v) is 16.4. The lowest BCUT2D eigenvalue weighted by Crippen LogP contribution is -2.30. The minimum absolute atomic E-state index is 0.712. The third-order valence-electron chi connectivity index (χ3n) is 5.04. The van der Waals surface area contributed by atoms with Crippen LogP contribution in [0.4, 0.5) is 0 Å². The number of benzene rings is 3. The Labute approximate surface area is 173 Å². The van der Waals surface area contributed by atoms with E-state index in [4.69, 9.17) is 0 Å². The lowest BCUT2D eigenvalue weighted by molar-refractivity contribution is 0.920. The van der Waals surface area contributed by atoms with Gasteiger partial charge in [0.05, 0.1) is 25.5 Å². The molecular weight excluding hydrogens is 376 g/mol. The van der Waals surface area contributed by atoms with Gasteiger partial charge in [0.1, 0.15) is 0 Å². The monoisotopic (exact) mass is 398 g/mol. The maximum atomic E-state index is 4.35. The predicted octanol–water partition coefficient (Wildman–Crippen LogP) is 1.76. The minimum atomic E-state index is 0.712. The van der Waals surface area contributed by atoms with Gasteiger partial charge in [-0.1, -0.05) is 36.4 Å². The summed E-state index contributed by atoms with van der Waals surface area (Å²) in [5, 5.41) is 19.6. The second kappa shape index (κ2) is 8.20. The molecule has 0 spiro atoms. The zero-order chi connectivity index (χ0) is 20.2. The molecule has 3 aromatic rings. The fourth-order valence-corrected chi connectivity index (χ4v) is 3.60. The third-order valence-corrected chi connectivity index (χ3v) is 5.04. The largest absolute Gasteiger partial charge is 0.353 e. The van der Waals surface area contributed by atoms with Crippen molar-refractivity contribution in [3.8, 4) is 0 Å².